The van der Waals surface area contributed by atoms with E-state index in [4.69, 9.17) is 4.98 Å². The highest BCUT2D eigenvalue weighted by Crippen LogP contribution is 2.45. The summed E-state index contributed by atoms with van der Waals surface area (Å²) < 4.78 is 4.27. The molecule has 0 amide bonds. The number of aromatic carboxylic acids is 1. The number of piperidine rings is 1. The molecular formula is C20H23N5O2. The van der Waals surface area contributed by atoms with Crippen molar-refractivity contribution in [3.05, 3.63) is 47.8 Å². The van der Waals surface area contributed by atoms with Crippen molar-refractivity contribution in [1.82, 2.24) is 24.0 Å². The van der Waals surface area contributed by atoms with Crippen LogP contribution in [-0.4, -0.2) is 48.2 Å². The maximum atomic E-state index is 11.4. The van der Waals surface area contributed by atoms with Crippen molar-refractivity contribution in [3.8, 4) is 0 Å². The number of imidazole rings is 2. The first-order chi connectivity index (χ1) is 13.1. The van der Waals surface area contributed by atoms with Crippen LogP contribution >= 0.6 is 0 Å². The number of fused-ring (bicyclic) bond motifs is 2. The molecule has 1 N–H and O–H groups in total. The van der Waals surface area contributed by atoms with Crippen LogP contribution in [0, 0.1) is 11.8 Å². The number of likely N-dealkylation sites (tertiary alicyclic amines) is 1. The Morgan fingerprint density at radius 3 is 2.81 bits per heavy atom. The van der Waals surface area contributed by atoms with Gasteiger partial charge in [0.25, 0.3) is 0 Å². The highest BCUT2D eigenvalue weighted by Gasteiger charge is 2.45. The smallest absolute Gasteiger partial charge is 0.335 e. The van der Waals surface area contributed by atoms with E-state index in [9.17, 15) is 9.90 Å². The second-order valence-electron chi connectivity index (χ2n) is 7.74. The van der Waals surface area contributed by atoms with Crippen molar-refractivity contribution < 1.29 is 9.90 Å². The van der Waals surface area contributed by atoms with Crippen LogP contribution in [-0.2, 0) is 19.6 Å². The molecule has 1 aliphatic carbocycles. The molecule has 3 aromatic rings. The summed E-state index contributed by atoms with van der Waals surface area (Å²) in [5.41, 5.74) is 3.12. The highest BCUT2D eigenvalue weighted by molar-refractivity contribution is 5.92. The van der Waals surface area contributed by atoms with Crippen LogP contribution in [0.4, 0.5) is 0 Å². The first-order valence-corrected chi connectivity index (χ1v) is 9.56. The van der Waals surface area contributed by atoms with Crippen LogP contribution in [0.2, 0.25) is 0 Å². The van der Waals surface area contributed by atoms with Gasteiger partial charge in [-0.1, -0.05) is 0 Å². The highest BCUT2D eigenvalue weighted by atomic mass is 16.4. The number of nitrogens with zero attached hydrogens (tertiary/aromatic N) is 5. The number of carboxylic acid groups (broad SMARTS) is 1. The van der Waals surface area contributed by atoms with E-state index in [-0.39, 0.29) is 0 Å². The van der Waals surface area contributed by atoms with Crippen LogP contribution in [0.3, 0.4) is 0 Å². The third-order valence-corrected chi connectivity index (χ3v) is 5.95. The van der Waals surface area contributed by atoms with Crippen molar-refractivity contribution in [3.63, 3.8) is 0 Å². The minimum atomic E-state index is -0.913. The molecular weight excluding hydrogens is 342 g/mol. The summed E-state index contributed by atoms with van der Waals surface area (Å²) in [5.74, 6) is 1.84. The van der Waals surface area contributed by atoms with Crippen LogP contribution in [0.5, 0.6) is 0 Å². The normalized spacial score (nSPS) is 21.7. The van der Waals surface area contributed by atoms with Crippen LogP contribution in [0.1, 0.15) is 35.2 Å². The Morgan fingerprint density at radius 1 is 1.26 bits per heavy atom. The number of hydrogen-bond acceptors (Lipinski definition) is 4. The maximum absolute atomic E-state index is 11.4. The molecule has 5 rings (SSSR count). The Balaban J connectivity index is 1.55. The molecule has 1 saturated carbocycles. The minimum absolute atomic E-state index is 0.293. The molecule has 27 heavy (non-hydrogen) atoms. The second-order valence-corrected chi connectivity index (χ2v) is 7.74. The molecule has 1 aliphatic heterocycles. The number of benzene rings is 1. The predicted octanol–water partition coefficient (Wildman–Crippen LogP) is 2.45. The average Bonchev–Trinajstić information content (AvgIpc) is 3.02. The Bertz CT molecular complexity index is 1010. The van der Waals surface area contributed by atoms with Gasteiger partial charge in [-0.15, -0.1) is 0 Å². The van der Waals surface area contributed by atoms with E-state index in [0.29, 0.717) is 12.1 Å². The number of aromatic nitrogens is 4. The minimum Gasteiger partial charge on any atom is -0.478 e. The van der Waals surface area contributed by atoms with Gasteiger partial charge in [0, 0.05) is 25.8 Å². The Hall–Kier alpha value is -2.67. The molecule has 1 saturated heterocycles. The Labute approximate surface area is 157 Å². The molecule has 1 aromatic carbocycles. The quantitative estimate of drug-likeness (QED) is 0.726. The van der Waals surface area contributed by atoms with Crippen LogP contribution in [0.15, 0.2) is 30.7 Å². The molecule has 140 valence electrons. The fraction of sp³-hybridized carbons (Fsp3) is 0.450. The molecule has 7 nitrogen and oxygen atoms in total. The van der Waals surface area contributed by atoms with Gasteiger partial charge in [0.2, 0.25) is 0 Å². The molecule has 2 atom stereocenters. The molecule has 2 aliphatic rings. The van der Waals surface area contributed by atoms with Gasteiger partial charge < -0.3 is 14.2 Å². The Morgan fingerprint density at radius 2 is 2.07 bits per heavy atom. The second kappa shape index (κ2) is 6.20. The summed E-state index contributed by atoms with van der Waals surface area (Å²) in [7, 11) is 0. The standard InChI is InChI=1S/C20H23N5O2/c1-2-24-12-21-7-16(24)10-25-18-6-13(20(26)27)3-4-17(18)22-19(25)11-23-8-14-5-15(14)9-23/h3-4,6-7,12,14-15H,2,5,8-11H2,1H3,(H,26,27). The monoisotopic (exact) mass is 365 g/mol. The van der Waals surface area contributed by atoms with Crippen molar-refractivity contribution in [2.24, 2.45) is 11.8 Å². The summed E-state index contributed by atoms with van der Waals surface area (Å²) >= 11 is 0. The first kappa shape index (κ1) is 16.5. The van der Waals surface area contributed by atoms with E-state index in [1.54, 1.807) is 12.1 Å². The molecule has 2 fully saturated rings. The number of hydrogen-bond donors (Lipinski definition) is 1. The maximum Gasteiger partial charge on any atom is 0.335 e. The zero-order chi connectivity index (χ0) is 18.5. The van der Waals surface area contributed by atoms with Gasteiger partial charge in [0.05, 0.1) is 41.7 Å². The van der Waals surface area contributed by atoms with E-state index in [1.807, 2.05) is 18.6 Å². The zero-order valence-electron chi connectivity index (χ0n) is 15.4. The lowest BCUT2D eigenvalue weighted by Crippen LogP contribution is -2.24. The van der Waals surface area contributed by atoms with Crippen LogP contribution < -0.4 is 0 Å². The third kappa shape index (κ3) is 2.92. The van der Waals surface area contributed by atoms with Gasteiger partial charge in [0.1, 0.15) is 5.82 Å². The van der Waals surface area contributed by atoms with E-state index in [0.717, 1.165) is 60.6 Å². The number of rotatable bonds is 6. The van der Waals surface area contributed by atoms with Gasteiger partial charge in [-0.05, 0) is 43.4 Å². The summed E-state index contributed by atoms with van der Waals surface area (Å²) in [4.78, 5) is 23.0. The molecule has 2 aromatic heterocycles. The summed E-state index contributed by atoms with van der Waals surface area (Å²) in [5, 5.41) is 9.39. The van der Waals surface area contributed by atoms with Gasteiger partial charge >= 0.3 is 5.97 Å². The molecule has 0 spiro atoms. The Kier molecular flexibility index (Phi) is 3.79. The van der Waals surface area contributed by atoms with Gasteiger partial charge in [-0.25, -0.2) is 14.8 Å². The average molecular weight is 365 g/mol. The van der Waals surface area contributed by atoms with Gasteiger partial charge in [-0.3, -0.25) is 4.90 Å². The fourth-order valence-corrected chi connectivity index (χ4v) is 4.35. The molecule has 2 unspecified atom stereocenters. The van der Waals surface area contributed by atoms with Crippen molar-refractivity contribution in [2.45, 2.75) is 33.0 Å². The number of carboxylic acids is 1. The van der Waals surface area contributed by atoms with E-state index in [2.05, 4.69) is 25.9 Å². The first-order valence-electron chi connectivity index (χ1n) is 9.56. The molecule has 7 heteroatoms. The van der Waals surface area contributed by atoms with Crippen molar-refractivity contribution >= 4 is 17.0 Å². The third-order valence-electron chi connectivity index (χ3n) is 5.95. The van der Waals surface area contributed by atoms with E-state index in [1.165, 1.54) is 6.42 Å². The molecule has 0 bridgehead atoms. The fourth-order valence-electron chi connectivity index (χ4n) is 4.35. The predicted molar refractivity (Wildman–Crippen MR) is 101 cm³/mol. The largest absolute Gasteiger partial charge is 0.478 e. The zero-order valence-corrected chi connectivity index (χ0v) is 15.4. The lowest BCUT2D eigenvalue weighted by molar-refractivity contribution is 0.0697. The lowest BCUT2D eigenvalue weighted by Gasteiger charge is -2.18. The van der Waals surface area contributed by atoms with Gasteiger partial charge in [-0.2, -0.15) is 0 Å². The van der Waals surface area contributed by atoms with Crippen molar-refractivity contribution in [2.75, 3.05) is 13.1 Å². The van der Waals surface area contributed by atoms with Gasteiger partial charge in [0.15, 0.2) is 0 Å². The number of carbonyl (C=O) groups is 1. The van der Waals surface area contributed by atoms with Crippen LogP contribution in [0.25, 0.3) is 11.0 Å². The SMILES string of the molecule is CCn1cncc1Cn1c(CN2CC3CC3C2)nc2ccc(C(=O)O)cc21. The summed E-state index contributed by atoms with van der Waals surface area (Å²) in [6, 6.07) is 5.19. The lowest BCUT2D eigenvalue weighted by atomic mass is 10.2. The van der Waals surface area contributed by atoms with E-state index < -0.39 is 5.97 Å². The van der Waals surface area contributed by atoms with E-state index >= 15 is 0 Å². The van der Waals surface area contributed by atoms with Crippen molar-refractivity contribution in [1.29, 1.82) is 0 Å². The molecule has 0 radical (unpaired) electrons. The topological polar surface area (TPSA) is 76.2 Å². The summed E-state index contributed by atoms with van der Waals surface area (Å²) in [6.07, 6.45) is 5.10. The number of aryl methyl sites for hydroxylation is 1. The summed E-state index contributed by atoms with van der Waals surface area (Å²) in [6.45, 7) is 6.71. The molecule has 3 heterocycles.